The van der Waals surface area contributed by atoms with Gasteiger partial charge in [-0.05, 0) is 38.1 Å². The summed E-state index contributed by atoms with van der Waals surface area (Å²) in [7, 11) is 0. The average molecular weight is 360 g/mol. The molecule has 0 aliphatic carbocycles. The smallest absolute Gasteiger partial charge is 0.232 e. The molecule has 0 aliphatic heterocycles. The van der Waals surface area contributed by atoms with E-state index in [9.17, 15) is 4.39 Å². The van der Waals surface area contributed by atoms with E-state index in [2.05, 4.69) is 44.3 Å². The largest absolute Gasteiger partial charge is 0.368 e. The Morgan fingerprint density at radius 3 is 2.68 bits per heavy atom. The number of hydrogen-bond donors (Lipinski definition) is 2. The summed E-state index contributed by atoms with van der Waals surface area (Å²) in [5.41, 5.74) is 6.42. The standard InChI is InChI=1S/C15H17FN8S/c1-9(2)24-8-18-23-15(24)25-7-12-20-13(17)22-14(21-12)19-11-5-3-10(16)4-6-11/h3-6,8-9H,7H2,1-2H3,(H3,17,19,20,21,22). The van der Waals surface area contributed by atoms with Crippen molar-refractivity contribution < 1.29 is 4.39 Å². The van der Waals surface area contributed by atoms with Crippen LogP contribution in [0.2, 0.25) is 0 Å². The number of benzene rings is 1. The normalized spacial score (nSPS) is 11.0. The van der Waals surface area contributed by atoms with Crippen LogP contribution in [0.4, 0.5) is 22.0 Å². The minimum Gasteiger partial charge on any atom is -0.368 e. The van der Waals surface area contributed by atoms with Crippen LogP contribution < -0.4 is 11.1 Å². The van der Waals surface area contributed by atoms with Gasteiger partial charge in [0.25, 0.3) is 0 Å². The number of anilines is 3. The molecule has 10 heteroatoms. The van der Waals surface area contributed by atoms with Gasteiger partial charge in [-0.25, -0.2) is 4.39 Å². The molecular formula is C15H17FN8S. The van der Waals surface area contributed by atoms with Gasteiger partial charge in [-0.3, -0.25) is 0 Å². The summed E-state index contributed by atoms with van der Waals surface area (Å²) in [5.74, 6) is 1.09. The minimum atomic E-state index is -0.313. The Morgan fingerprint density at radius 1 is 1.20 bits per heavy atom. The fraction of sp³-hybridized carbons (Fsp3) is 0.267. The number of halogens is 1. The zero-order valence-corrected chi connectivity index (χ0v) is 14.5. The molecule has 0 aliphatic rings. The van der Waals surface area contributed by atoms with E-state index in [0.29, 0.717) is 23.2 Å². The van der Waals surface area contributed by atoms with Gasteiger partial charge in [-0.1, -0.05) is 11.8 Å². The van der Waals surface area contributed by atoms with Crippen LogP contribution in [-0.4, -0.2) is 29.7 Å². The lowest BCUT2D eigenvalue weighted by Crippen LogP contribution is -2.07. The summed E-state index contributed by atoms with van der Waals surface area (Å²) in [6.45, 7) is 4.11. The Morgan fingerprint density at radius 2 is 1.96 bits per heavy atom. The van der Waals surface area contributed by atoms with Gasteiger partial charge in [-0.15, -0.1) is 10.2 Å². The van der Waals surface area contributed by atoms with E-state index in [1.165, 1.54) is 23.9 Å². The Balaban J connectivity index is 1.73. The number of aromatic nitrogens is 6. The number of nitrogens with one attached hydrogen (secondary N) is 1. The van der Waals surface area contributed by atoms with E-state index < -0.39 is 0 Å². The van der Waals surface area contributed by atoms with E-state index in [4.69, 9.17) is 5.73 Å². The molecule has 3 aromatic rings. The summed E-state index contributed by atoms with van der Waals surface area (Å²) in [6.07, 6.45) is 1.69. The fourth-order valence-electron chi connectivity index (χ4n) is 2.04. The molecule has 0 bridgehead atoms. The van der Waals surface area contributed by atoms with Gasteiger partial charge in [0.15, 0.2) is 5.16 Å². The third kappa shape index (κ3) is 4.41. The average Bonchev–Trinajstić information content (AvgIpc) is 3.03. The second-order valence-electron chi connectivity index (χ2n) is 5.47. The third-order valence-corrected chi connectivity index (χ3v) is 4.18. The summed E-state index contributed by atoms with van der Waals surface area (Å²) < 4.78 is 14.9. The maximum Gasteiger partial charge on any atom is 0.232 e. The molecule has 0 radical (unpaired) electrons. The van der Waals surface area contributed by atoms with E-state index in [0.717, 1.165) is 5.16 Å². The van der Waals surface area contributed by atoms with E-state index >= 15 is 0 Å². The molecule has 130 valence electrons. The van der Waals surface area contributed by atoms with Gasteiger partial charge in [0.1, 0.15) is 18.0 Å². The maximum absolute atomic E-state index is 13.0. The highest BCUT2D eigenvalue weighted by atomic mass is 32.2. The lowest BCUT2D eigenvalue weighted by molar-refractivity contribution is 0.549. The van der Waals surface area contributed by atoms with Crippen LogP contribution in [0, 0.1) is 5.82 Å². The molecule has 0 saturated carbocycles. The van der Waals surface area contributed by atoms with E-state index in [1.807, 2.05) is 4.57 Å². The molecule has 0 spiro atoms. The highest BCUT2D eigenvalue weighted by Crippen LogP contribution is 2.22. The van der Waals surface area contributed by atoms with Crippen LogP contribution in [0.1, 0.15) is 25.7 Å². The van der Waals surface area contributed by atoms with E-state index in [-0.39, 0.29) is 17.8 Å². The summed E-state index contributed by atoms with van der Waals surface area (Å²) >= 11 is 1.46. The molecule has 25 heavy (non-hydrogen) atoms. The van der Waals surface area contributed by atoms with Gasteiger partial charge in [0.2, 0.25) is 11.9 Å². The predicted molar refractivity (Wildman–Crippen MR) is 93.9 cm³/mol. The SMILES string of the molecule is CC(C)n1cnnc1SCc1nc(N)nc(Nc2ccc(F)cc2)n1. The molecule has 1 aromatic carbocycles. The lowest BCUT2D eigenvalue weighted by atomic mass is 10.3. The molecular weight excluding hydrogens is 343 g/mol. The minimum absolute atomic E-state index is 0.112. The first-order valence-electron chi connectivity index (χ1n) is 7.56. The van der Waals surface area contributed by atoms with Crippen molar-refractivity contribution >= 4 is 29.3 Å². The number of thioether (sulfide) groups is 1. The number of nitrogens with zero attached hydrogens (tertiary/aromatic N) is 6. The van der Waals surface area contributed by atoms with Crippen molar-refractivity contribution in [3.63, 3.8) is 0 Å². The Labute approximate surface area is 148 Å². The molecule has 0 atom stereocenters. The summed E-state index contributed by atoms with van der Waals surface area (Å²) in [4.78, 5) is 12.5. The first kappa shape index (κ1) is 17.1. The monoisotopic (exact) mass is 360 g/mol. The first-order valence-corrected chi connectivity index (χ1v) is 8.55. The topological polar surface area (TPSA) is 107 Å². The van der Waals surface area contributed by atoms with Crippen molar-refractivity contribution in [2.75, 3.05) is 11.1 Å². The number of hydrogen-bond acceptors (Lipinski definition) is 8. The van der Waals surface area contributed by atoms with Crippen LogP contribution in [0.3, 0.4) is 0 Å². The van der Waals surface area contributed by atoms with Crippen molar-refractivity contribution in [1.82, 2.24) is 29.7 Å². The number of nitrogens with two attached hydrogens (primary N) is 1. The first-order chi connectivity index (χ1) is 12.0. The fourth-order valence-corrected chi connectivity index (χ4v) is 2.94. The predicted octanol–water partition coefficient (Wildman–Crippen LogP) is 2.80. The molecule has 3 rings (SSSR count). The Hall–Kier alpha value is -2.75. The van der Waals surface area contributed by atoms with Crippen molar-refractivity contribution in [2.45, 2.75) is 30.8 Å². The molecule has 2 aromatic heterocycles. The van der Waals surface area contributed by atoms with E-state index in [1.54, 1.807) is 18.5 Å². The lowest BCUT2D eigenvalue weighted by Gasteiger charge is -2.09. The quantitative estimate of drug-likeness (QED) is 0.646. The van der Waals surface area contributed by atoms with Gasteiger partial charge < -0.3 is 15.6 Å². The summed E-state index contributed by atoms with van der Waals surface area (Å²) in [6, 6.07) is 6.14. The van der Waals surface area contributed by atoms with Crippen LogP contribution in [0.15, 0.2) is 35.7 Å². The Bertz CT molecular complexity index is 849. The van der Waals surface area contributed by atoms with Crippen molar-refractivity contribution in [3.05, 3.63) is 42.2 Å². The highest BCUT2D eigenvalue weighted by Gasteiger charge is 2.11. The van der Waals surface area contributed by atoms with Gasteiger partial charge >= 0.3 is 0 Å². The molecule has 3 N–H and O–H groups in total. The molecule has 0 unspecified atom stereocenters. The molecule has 0 amide bonds. The highest BCUT2D eigenvalue weighted by molar-refractivity contribution is 7.98. The van der Waals surface area contributed by atoms with Crippen molar-refractivity contribution in [2.24, 2.45) is 0 Å². The van der Waals surface area contributed by atoms with Crippen LogP contribution in [0.25, 0.3) is 0 Å². The molecule has 0 saturated heterocycles. The third-order valence-electron chi connectivity index (χ3n) is 3.23. The van der Waals surface area contributed by atoms with Crippen molar-refractivity contribution in [3.8, 4) is 0 Å². The number of rotatable bonds is 6. The molecule has 0 fully saturated rings. The Kier molecular flexibility index (Phi) is 5.08. The van der Waals surface area contributed by atoms with Crippen molar-refractivity contribution in [1.29, 1.82) is 0 Å². The number of nitrogen functional groups attached to an aromatic ring is 1. The zero-order chi connectivity index (χ0) is 17.8. The molecule has 2 heterocycles. The molecule has 8 nitrogen and oxygen atoms in total. The van der Waals surface area contributed by atoms with Gasteiger partial charge in [0.05, 0.1) is 5.75 Å². The maximum atomic E-state index is 13.0. The zero-order valence-electron chi connectivity index (χ0n) is 13.7. The second kappa shape index (κ2) is 7.43. The van der Waals surface area contributed by atoms with Gasteiger partial charge in [-0.2, -0.15) is 15.0 Å². The summed E-state index contributed by atoms with van der Waals surface area (Å²) in [5, 5.41) is 11.8. The van der Waals surface area contributed by atoms with Crippen LogP contribution in [0.5, 0.6) is 0 Å². The second-order valence-corrected chi connectivity index (χ2v) is 6.41. The van der Waals surface area contributed by atoms with Crippen LogP contribution in [-0.2, 0) is 5.75 Å². The van der Waals surface area contributed by atoms with Gasteiger partial charge in [0, 0.05) is 11.7 Å². The van der Waals surface area contributed by atoms with Crippen LogP contribution >= 0.6 is 11.8 Å².